The Balaban J connectivity index is 1.98. The van der Waals surface area contributed by atoms with Crippen LogP contribution in [-0.2, 0) is 0 Å². The van der Waals surface area contributed by atoms with E-state index in [4.69, 9.17) is 11.6 Å². The highest BCUT2D eigenvalue weighted by Gasteiger charge is 2.16. The fourth-order valence-corrected chi connectivity index (χ4v) is 3.32. The van der Waals surface area contributed by atoms with Crippen molar-refractivity contribution in [1.29, 1.82) is 0 Å². The van der Waals surface area contributed by atoms with Crippen molar-refractivity contribution in [3.05, 3.63) is 94.1 Å². The van der Waals surface area contributed by atoms with E-state index in [-0.39, 0.29) is 10.6 Å². The van der Waals surface area contributed by atoms with Crippen molar-refractivity contribution in [1.82, 2.24) is 4.57 Å². The van der Waals surface area contributed by atoms with Crippen LogP contribution in [0.2, 0.25) is 5.02 Å². The number of nitro groups is 1. The van der Waals surface area contributed by atoms with Gasteiger partial charge in [0.25, 0.3) is 5.69 Å². The number of hydrogen-bond donors (Lipinski definition) is 0. The van der Waals surface area contributed by atoms with Crippen LogP contribution in [0.3, 0.4) is 0 Å². The number of nitro benzene ring substituents is 1. The molecule has 122 valence electrons. The second-order valence-electron chi connectivity index (χ2n) is 5.69. The normalized spacial score (nSPS) is 10.9. The van der Waals surface area contributed by atoms with E-state index in [9.17, 15) is 10.1 Å². The SMILES string of the molecule is O=[N+]([O-])c1ccccc1-c1cc(Cl)c2ccn(-c3ccccc3)c2c1. The Hall–Kier alpha value is -3.11. The number of para-hydroxylation sites is 2. The minimum absolute atomic E-state index is 0.0655. The topological polar surface area (TPSA) is 48.1 Å². The Bertz CT molecular complexity index is 1090. The van der Waals surface area contributed by atoms with E-state index in [1.807, 2.05) is 53.2 Å². The van der Waals surface area contributed by atoms with Gasteiger partial charge < -0.3 is 4.57 Å². The minimum atomic E-state index is -0.371. The van der Waals surface area contributed by atoms with Gasteiger partial charge in [-0.15, -0.1) is 0 Å². The monoisotopic (exact) mass is 348 g/mol. The van der Waals surface area contributed by atoms with Crippen LogP contribution in [0.25, 0.3) is 27.7 Å². The van der Waals surface area contributed by atoms with Gasteiger partial charge in [-0.05, 0) is 42.0 Å². The molecule has 0 N–H and O–H groups in total. The van der Waals surface area contributed by atoms with Crippen LogP contribution in [0.1, 0.15) is 0 Å². The van der Waals surface area contributed by atoms with Crippen molar-refractivity contribution in [2.75, 3.05) is 0 Å². The van der Waals surface area contributed by atoms with Gasteiger partial charge in [-0.1, -0.05) is 41.9 Å². The van der Waals surface area contributed by atoms with Crippen molar-refractivity contribution < 1.29 is 4.92 Å². The summed E-state index contributed by atoms with van der Waals surface area (Å²) in [5, 5.41) is 12.8. The molecule has 0 atom stereocenters. The third-order valence-corrected chi connectivity index (χ3v) is 4.52. The zero-order chi connectivity index (χ0) is 17.4. The quantitative estimate of drug-likeness (QED) is 0.344. The summed E-state index contributed by atoms with van der Waals surface area (Å²) in [7, 11) is 0. The molecule has 4 aromatic rings. The van der Waals surface area contributed by atoms with Crippen LogP contribution >= 0.6 is 11.6 Å². The molecule has 0 saturated heterocycles. The smallest absolute Gasteiger partial charge is 0.277 e. The number of hydrogen-bond acceptors (Lipinski definition) is 2. The van der Waals surface area contributed by atoms with Crippen molar-refractivity contribution in [3.63, 3.8) is 0 Å². The van der Waals surface area contributed by atoms with E-state index in [1.54, 1.807) is 24.3 Å². The summed E-state index contributed by atoms with van der Waals surface area (Å²) >= 11 is 6.46. The predicted octanol–water partition coefficient (Wildman–Crippen LogP) is 5.86. The number of aromatic nitrogens is 1. The Morgan fingerprint density at radius 2 is 1.64 bits per heavy atom. The molecular weight excluding hydrogens is 336 g/mol. The number of nitrogens with zero attached hydrogens (tertiary/aromatic N) is 2. The van der Waals surface area contributed by atoms with Gasteiger partial charge in [0.1, 0.15) is 0 Å². The lowest BCUT2D eigenvalue weighted by molar-refractivity contribution is -0.384. The molecule has 25 heavy (non-hydrogen) atoms. The zero-order valence-corrected chi connectivity index (χ0v) is 13.9. The summed E-state index contributed by atoms with van der Waals surface area (Å²) in [6.45, 7) is 0. The second-order valence-corrected chi connectivity index (χ2v) is 6.09. The molecule has 0 aliphatic carbocycles. The van der Waals surface area contributed by atoms with E-state index in [1.165, 1.54) is 6.07 Å². The summed E-state index contributed by atoms with van der Waals surface area (Å²) < 4.78 is 2.03. The first kappa shape index (κ1) is 15.4. The lowest BCUT2D eigenvalue weighted by Crippen LogP contribution is -1.94. The molecule has 0 aliphatic heterocycles. The van der Waals surface area contributed by atoms with Gasteiger partial charge in [0, 0.05) is 23.3 Å². The van der Waals surface area contributed by atoms with E-state index < -0.39 is 0 Å². The standard InChI is InChI=1S/C20H13ClN2O2/c21-18-12-14(16-8-4-5-9-19(16)23(24)25)13-20-17(18)10-11-22(20)15-6-2-1-3-7-15/h1-13H. The average Bonchev–Trinajstić information content (AvgIpc) is 3.07. The fraction of sp³-hybridized carbons (Fsp3) is 0. The maximum absolute atomic E-state index is 11.3. The fourth-order valence-electron chi connectivity index (χ4n) is 3.04. The molecule has 0 fully saturated rings. The van der Waals surface area contributed by atoms with Crippen LogP contribution in [-0.4, -0.2) is 9.49 Å². The summed E-state index contributed by atoms with van der Waals surface area (Å²) in [5.41, 5.74) is 3.26. The van der Waals surface area contributed by atoms with Crippen LogP contribution in [0.4, 0.5) is 5.69 Å². The lowest BCUT2D eigenvalue weighted by atomic mass is 10.0. The highest BCUT2D eigenvalue weighted by atomic mass is 35.5. The summed E-state index contributed by atoms with van der Waals surface area (Å²) in [4.78, 5) is 11.0. The number of fused-ring (bicyclic) bond motifs is 1. The summed E-state index contributed by atoms with van der Waals surface area (Å²) in [5.74, 6) is 0. The molecule has 0 aliphatic rings. The van der Waals surface area contributed by atoms with E-state index in [0.29, 0.717) is 10.6 Å². The van der Waals surface area contributed by atoms with Gasteiger partial charge in [0.05, 0.1) is 21.0 Å². The summed E-state index contributed by atoms with van der Waals surface area (Å²) in [6.07, 6.45) is 1.95. The van der Waals surface area contributed by atoms with Crippen LogP contribution in [0.5, 0.6) is 0 Å². The van der Waals surface area contributed by atoms with Gasteiger partial charge in [0.2, 0.25) is 0 Å². The number of benzene rings is 3. The Kier molecular flexibility index (Phi) is 3.75. The molecule has 0 bridgehead atoms. The van der Waals surface area contributed by atoms with Crippen LogP contribution in [0, 0.1) is 10.1 Å². The van der Waals surface area contributed by atoms with Gasteiger partial charge in [0.15, 0.2) is 0 Å². The van der Waals surface area contributed by atoms with Gasteiger partial charge in [-0.3, -0.25) is 10.1 Å². The summed E-state index contributed by atoms with van der Waals surface area (Å²) in [6, 6.07) is 22.3. The molecule has 5 heteroatoms. The van der Waals surface area contributed by atoms with Gasteiger partial charge in [-0.25, -0.2) is 0 Å². The van der Waals surface area contributed by atoms with Crippen LogP contribution in [0.15, 0.2) is 79.0 Å². The van der Waals surface area contributed by atoms with E-state index in [0.717, 1.165) is 22.2 Å². The molecule has 3 aromatic carbocycles. The molecular formula is C20H13ClN2O2. The number of rotatable bonds is 3. The third-order valence-electron chi connectivity index (χ3n) is 4.20. The molecule has 0 unspecified atom stereocenters. The van der Waals surface area contributed by atoms with Crippen molar-refractivity contribution in [2.45, 2.75) is 0 Å². The maximum Gasteiger partial charge on any atom is 0.277 e. The first-order chi connectivity index (χ1) is 12.1. The maximum atomic E-state index is 11.3. The molecule has 4 rings (SSSR count). The Morgan fingerprint density at radius 1 is 0.920 bits per heavy atom. The van der Waals surface area contributed by atoms with Crippen molar-refractivity contribution in [3.8, 4) is 16.8 Å². The van der Waals surface area contributed by atoms with Gasteiger partial charge in [-0.2, -0.15) is 0 Å². The predicted molar refractivity (Wildman–Crippen MR) is 100 cm³/mol. The minimum Gasteiger partial charge on any atom is -0.316 e. The van der Waals surface area contributed by atoms with Crippen molar-refractivity contribution in [2.24, 2.45) is 0 Å². The Labute approximate surface area is 149 Å². The molecule has 0 spiro atoms. The largest absolute Gasteiger partial charge is 0.316 e. The van der Waals surface area contributed by atoms with E-state index in [2.05, 4.69) is 0 Å². The third kappa shape index (κ3) is 2.66. The molecule has 4 nitrogen and oxygen atoms in total. The highest BCUT2D eigenvalue weighted by molar-refractivity contribution is 6.35. The highest BCUT2D eigenvalue weighted by Crippen LogP contribution is 2.36. The first-order valence-electron chi connectivity index (χ1n) is 7.75. The molecule has 1 aromatic heterocycles. The number of halogens is 1. The molecule has 0 saturated carbocycles. The van der Waals surface area contributed by atoms with E-state index >= 15 is 0 Å². The molecule has 0 radical (unpaired) electrons. The zero-order valence-electron chi connectivity index (χ0n) is 13.1. The van der Waals surface area contributed by atoms with Crippen LogP contribution < -0.4 is 0 Å². The molecule has 0 amide bonds. The molecule has 1 heterocycles. The Morgan fingerprint density at radius 3 is 2.40 bits per heavy atom. The van der Waals surface area contributed by atoms with Crippen molar-refractivity contribution >= 4 is 28.2 Å². The average molecular weight is 349 g/mol. The second kappa shape index (κ2) is 6.07. The first-order valence-corrected chi connectivity index (χ1v) is 8.13. The van der Waals surface area contributed by atoms with Gasteiger partial charge >= 0.3 is 0 Å². The lowest BCUT2D eigenvalue weighted by Gasteiger charge is -2.09.